The molecule has 2 aliphatic carbocycles. The maximum Gasteiger partial charge on any atom is 0.407 e. The normalized spacial score (nSPS) is 20.1. The minimum atomic E-state index is -0.936. The van der Waals surface area contributed by atoms with Crippen molar-refractivity contribution >= 4 is 34.4 Å². The summed E-state index contributed by atoms with van der Waals surface area (Å²) in [6.07, 6.45) is 6.90. The molecule has 220 valence electrons. The molecule has 7 rings (SSSR count). The summed E-state index contributed by atoms with van der Waals surface area (Å²) in [5.74, 6) is 0.523. The highest BCUT2D eigenvalue weighted by Crippen LogP contribution is 2.70. The van der Waals surface area contributed by atoms with Crippen molar-refractivity contribution in [2.75, 3.05) is 23.7 Å². The molecule has 2 aromatic heterocycles. The van der Waals surface area contributed by atoms with Crippen LogP contribution in [0.1, 0.15) is 37.7 Å². The van der Waals surface area contributed by atoms with Gasteiger partial charge in [0, 0.05) is 48.2 Å². The molecular formula is C32H31FN6O4. The van der Waals surface area contributed by atoms with Crippen LogP contribution < -0.4 is 15.4 Å². The third-order valence-electron chi connectivity index (χ3n) is 8.87. The Morgan fingerprint density at radius 3 is 2.72 bits per heavy atom. The summed E-state index contributed by atoms with van der Waals surface area (Å²) >= 11 is 0. The van der Waals surface area contributed by atoms with Crippen LogP contribution >= 0.6 is 0 Å². The summed E-state index contributed by atoms with van der Waals surface area (Å²) in [7, 11) is 0. The van der Waals surface area contributed by atoms with Crippen LogP contribution in [0.2, 0.25) is 0 Å². The smallest absolute Gasteiger partial charge is 0.407 e. The lowest BCUT2D eigenvalue weighted by Crippen LogP contribution is -2.44. The topological polar surface area (TPSA) is 130 Å². The number of hydrogen-bond donors (Lipinski definition) is 3. The molecule has 1 saturated heterocycles. The molecule has 2 saturated carbocycles. The van der Waals surface area contributed by atoms with Gasteiger partial charge in [0.05, 0.1) is 16.9 Å². The molecule has 3 heterocycles. The molecule has 1 spiro atoms. The van der Waals surface area contributed by atoms with Gasteiger partial charge in [-0.1, -0.05) is 12.1 Å². The third kappa shape index (κ3) is 5.19. The summed E-state index contributed by atoms with van der Waals surface area (Å²) in [5.41, 5.74) is 2.34. The van der Waals surface area contributed by atoms with Gasteiger partial charge in [0.2, 0.25) is 17.7 Å². The summed E-state index contributed by atoms with van der Waals surface area (Å²) in [5, 5.41) is 16.7. The molecule has 43 heavy (non-hydrogen) atoms. The van der Waals surface area contributed by atoms with Gasteiger partial charge in [0.25, 0.3) is 0 Å². The van der Waals surface area contributed by atoms with Gasteiger partial charge in [-0.3, -0.25) is 4.79 Å². The number of carbonyl (C=O) groups is 2. The summed E-state index contributed by atoms with van der Waals surface area (Å²) in [4.78, 5) is 39.3. The number of hydrogen-bond acceptors (Lipinski definition) is 7. The molecule has 0 bridgehead atoms. The Labute approximate surface area is 247 Å². The van der Waals surface area contributed by atoms with Gasteiger partial charge in [-0.25, -0.2) is 24.1 Å². The van der Waals surface area contributed by atoms with Gasteiger partial charge in [-0.05, 0) is 80.3 Å². The first-order valence-corrected chi connectivity index (χ1v) is 14.5. The summed E-state index contributed by atoms with van der Waals surface area (Å²) in [6.45, 7) is 2.77. The molecule has 0 unspecified atom stereocenters. The fraction of sp³-hybridized carbons (Fsp3) is 0.344. The number of rotatable bonds is 7. The molecule has 10 nitrogen and oxygen atoms in total. The molecule has 2 atom stereocenters. The number of fused-ring (bicyclic) bond motifs is 1. The van der Waals surface area contributed by atoms with Crippen LogP contribution in [0.5, 0.6) is 11.6 Å². The molecule has 2 amide bonds. The van der Waals surface area contributed by atoms with Crippen molar-refractivity contribution in [3.63, 3.8) is 0 Å². The second-order valence-corrected chi connectivity index (χ2v) is 11.8. The van der Waals surface area contributed by atoms with Crippen LogP contribution in [-0.2, 0) is 4.79 Å². The highest BCUT2D eigenvalue weighted by atomic mass is 19.1. The van der Waals surface area contributed by atoms with Crippen LogP contribution in [0, 0.1) is 24.1 Å². The number of likely N-dealkylation sites (tertiary alicyclic amines) is 1. The zero-order chi connectivity index (χ0) is 29.7. The first kappa shape index (κ1) is 27.1. The molecule has 1 aliphatic heterocycles. The standard InChI is InChI=1S/C32H31FN6O4/c1-18-6-7-20-21(8-9-24(33)26(20)38-28(40)23-16-32(23)11-12-32)27(18)43-29-22(5-2-13-34-29)25-10-14-35-30(37-25)36-19-4-3-15-39(17-19)31(41)42/h2,5-10,13-14,19,23H,3-4,11-12,15-17H2,1H3,(H,38,40)(H,41,42)(H,35,36,37)/t19-,23+/m0/s1. The maximum absolute atomic E-state index is 15.1. The quantitative estimate of drug-likeness (QED) is 0.234. The van der Waals surface area contributed by atoms with E-state index in [0.29, 0.717) is 52.7 Å². The fourth-order valence-electron chi connectivity index (χ4n) is 6.16. The number of carbonyl (C=O) groups excluding carboxylic acids is 1. The first-order chi connectivity index (χ1) is 20.8. The number of nitrogens with one attached hydrogen (secondary N) is 2. The number of ether oxygens (including phenoxy) is 1. The van der Waals surface area contributed by atoms with E-state index in [1.54, 1.807) is 36.7 Å². The fourth-order valence-corrected chi connectivity index (χ4v) is 6.16. The second kappa shape index (κ2) is 10.5. The number of carboxylic acid groups (broad SMARTS) is 1. The zero-order valence-corrected chi connectivity index (χ0v) is 23.6. The van der Waals surface area contributed by atoms with E-state index in [9.17, 15) is 14.7 Å². The van der Waals surface area contributed by atoms with Crippen LogP contribution in [0.25, 0.3) is 22.0 Å². The molecule has 3 fully saturated rings. The Bertz CT molecular complexity index is 1760. The molecular weight excluding hydrogens is 551 g/mol. The average molecular weight is 583 g/mol. The van der Waals surface area contributed by atoms with Crippen molar-refractivity contribution in [1.29, 1.82) is 0 Å². The molecule has 3 aliphatic rings. The van der Waals surface area contributed by atoms with Crippen molar-refractivity contribution in [2.24, 2.45) is 11.3 Å². The van der Waals surface area contributed by atoms with Gasteiger partial charge in [-0.15, -0.1) is 0 Å². The van der Waals surface area contributed by atoms with Gasteiger partial charge in [0.15, 0.2) is 0 Å². The highest BCUT2D eigenvalue weighted by molar-refractivity contribution is 6.06. The molecule has 11 heteroatoms. The van der Waals surface area contributed by atoms with E-state index >= 15 is 4.39 Å². The maximum atomic E-state index is 15.1. The Morgan fingerprint density at radius 1 is 1.09 bits per heavy atom. The zero-order valence-electron chi connectivity index (χ0n) is 23.6. The number of aryl methyl sites for hydroxylation is 1. The monoisotopic (exact) mass is 582 g/mol. The van der Waals surface area contributed by atoms with E-state index in [-0.39, 0.29) is 29.0 Å². The molecule has 2 aromatic carbocycles. The summed E-state index contributed by atoms with van der Waals surface area (Å²) in [6, 6.07) is 11.9. The van der Waals surface area contributed by atoms with Crippen molar-refractivity contribution in [3.8, 4) is 22.9 Å². The van der Waals surface area contributed by atoms with E-state index < -0.39 is 11.9 Å². The van der Waals surface area contributed by atoms with E-state index in [0.717, 1.165) is 37.7 Å². The predicted octanol–water partition coefficient (Wildman–Crippen LogP) is 6.22. The lowest BCUT2D eigenvalue weighted by molar-refractivity contribution is -0.117. The largest absolute Gasteiger partial charge is 0.465 e. The Balaban J connectivity index is 1.17. The number of pyridine rings is 1. The lowest BCUT2D eigenvalue weighted by Gasteiger charge is -2.31. The average Bonchev–Trinajstić information content (AvgIpc) is 3.94. The number of amides is 2. The van der Waals surface area contributed by atoms with E-state index in [4.69, 9.17) is 4.74 Å². The van der Waals surface area contributed by atoms with Crippen LogP contribution in [0.4, 0.5) is 20.8 Å². The van der Waals surface area contributed by atoms with E-state index in [1.165, 1.54) is 11.0 Å². The van der Waals surface area contributed by atoms with Gasteiger partial charge in [-0.2, -0.15) is 0 Å². The van der Waals surface area contributed by atoms with Crippen LogP contribution in [-0.4, -0.2) is 56.1 Å². The summed E-state index contributed by atoms with van der Waals surface area (Å²) < 4.78 is 21.5. The van der Waals surface area contributed by atoms with Gasteiger partial charge < -0.3 is 25.4 Å². The minimum Gasteiger partial charge on any atom is -0.465 e. The first-order valence-electron chi connectivity index (χ1n) is 14.5. The van der Waals surface area contributed by atoms with E-state index in [1.807, 2.05) is 19.1 Å². The van der Waals surface area contributed by atoms with Crippen molar-refractivity contribution in [2.45, 2.75) is 45.1 Å². The molecule has 0 radical (unpaired) electrons. The number of anilines is 2. The highest BCUT2D eigenvalue weighted by Gasteiger charge is 2.65. The predicted molar refractivity (Wildman–Crippen MR) is 159 cm³/mol. The minimum absolute atomic E-state index is 0.0409. The molecule has 4 aromatic rings. The number of halogens is 1. The van der Waals surface area contributed by atoms with Crippen LogP contribution in [0.3, 0.4) is 0 Å². The third-order valence-corrected chi connectivity index (χ3v) is 8.87. The number of aromatic nitrogens is 3. The Morgan fingerprint density at radius 2 is 1.93 bits per heavy atom. The molecule has 3 N–H and O–H groups in total. The van der Waals surface area contributed by atoms with Gasteiger partial charge in [0.1, 0.15) is 11.6 Å². The van der Waals surface area contributed by atoms with Crippen molar-refractivity contribution in [3.05, 3.63) is 66.2 Å². The number of benzene rings is 2. The van der Waals surface area contributed by atoms with E-state index in [2.05, 4.69) is 25.6 Å². The van der Waals surface area contributed by atoms with Gasteiger partial charge >= 0.3 is 6.09 Å². The van der Waals surface area contributed by atoms with Crippen LogP contribution in [0.15, 0.2) is 54.9 Å². The SMILES string of the molecule is Cc1ccc2c(NC(=O)[C@H]3CC34CC4)c(F)ccc2c1Oc1ncccc1-c1ccnc(N[C@H]2CCCN(C(=O)O)C2)n1. The Hall–Kier alpha value is -4.80. The van der Waals surface area contributed by atoms with Crippen molar-refractivity contribution < 1.29 is 23.8 Å². The second-order valence-electron chi connectivity index (χ2n) is 11.8. The Kier molecular flexibility index (Phi) is 6.60. The number of piperidine rings is 1. The van der Waals surface area contributed by atoms with Crippen molar-refractivity contribution in [1.82, 2.24) is 19.9 Å². The number of nitrogens with zero attached hydrogens (tertiary/aromatic N) is 4. The lowest BCUT2D eigenvalue weighted by atomic mass is 10.0.